The molecule has 0 radical (unpaired) electrons. The molecule has 25 heavy (non-hydrogen) atoms. The van der Waals surface area contributed by atoms with Gasteiger partial charge in [0.25, 0.3) is 5.91 Å². The molecule has 1 fully saturated rings. The topological polar surface area (TPSA) is 23.6 Å². The smallest absolute Gasteiger partial charge is 0.264 e. The fraction of sp³-hybridized carbons (Fsp3) is 0.250. The van der Waals surface area contributed by atoms with Gasteiger partial charge in [-0.05, 0) is 48.2 Å². The monoisotopic (exact) mass is 354 g/mol. The number of fused-ring (bicyclic) bond motifs is 1. The van der Waals surface area contributed by atoms with E-state index >= 15 is 0 Å². The van der Waals surface area contributed by atoms with Crippen molar-refractivity contribution in [2.24, 2.45) is 0 Å². The summed E-state index contributed by atoms with van der Waals surface area (Å²) >= 11 is 1.56. The van der Waals surface area contributed by atoms with Crippen molar-refractivity contribution < 1.29 is 9.18 Å². The molecule has 4 rings (SSSR count). The zero-order chi connectivity index (χ0) is 17.2. The molecule has 1 aromatic heterocycles. The molecule has 2 aromatic carbocycles. The average Bonchev–Trinajstić information content (AvgIpc) is 2.92. The number of benzene rings is 2. The summed E-state index contributed by atoms with van der Waals surface area (Å²) in [6.07, 6.45) is 0.911. The highest BCUT2D eigenvalue weighted by Gasteiger charge is 2.22. The SMILES string of the molecule is O=C(c1cc2ccccc2s1)N1CCCN(c2ccc(F)cc2)CC1. The van der Waals surface area contributed by atoms with Crippen LogP contribution in [-0.4, -0.2) is 37.0 Å². The van der Waals surface area contributed by atoms with Gasteiger partial charge in [0.1, 0.15) is 5.82 Å². The molecule has 0 aliphatic carbocycles. The quantitative estimate of drug-likeness (QED) is 0.681. The van der Waals surface area contributed by atoms with E-state index in [4.69, 9.17) is 0 Å². The summed E-state index contributed by atoms with van der Waals surface area (Å²) < 4.78 is 14.3. The maximum absolute atomic E-state index is 13.1. The number of rotatable bonds is 2. The van der Waals surface area contributed by atoms with Crippen molar-refractivity contribution >= 4 is 33.0 Å². The predicted molar refractivity (Wildman–Crippen MR) is 101 cm³/mol. The number of anilines is 1. The van der Waals surface area contributed by atoms with Crippen LogP contribution in [0, 0.1) is 5.82 Å². The molecule has 1 saturated heterocycles. The van der Waals surface area contributed by atoms with Gasteiger partial charge >= 0.3 is 0 Å². The Bertz CT molecular complexity index is 857. The van der Waals surface area contributed by atoms with E-state index < -0.39 is 0 Å². The number of amides is 1. The highest BCUT2D eigenvalue weighted by molar-refractivity contribution is 7.20. The van der Waals surface area contributed by atoms with Gasteiger partial charge in [-0.15, -0.1) is 11.3 Å². The van der Waals surface area contributed by atoms with Gasteiger partial charge in [0.2, 0.25) is 0 Å². The van der Waals surface area contributed by atoms with E-state index in [1.165, 1.54) is 12.1 Å². The van der Waals surface area contributed by atoms with Gasteiger partial charge in [0.15, 0.2) is 0 Å². The molecule has 0 atom stereocenters. The lowest BCUT2D eigenvalue weighted by atomic mass is 10.2. The number of nitrogens with zero attached hydrogens (tertiary/aromatic N) is 2. The van der Waals surface area contributed by atoms with Crippen LogP contribution in [-0.2, 0) is 0 Å². The first-order valence-corrected chi connectivity index (χ1v) is 9.31. The Balaban J connectivity index is 1.48. The van der Waals surface area contributed by atoms with Crippen molar-refractivity contribution in [3.63, 3.8) is 0 Å². The van der Waals surface area contributed by atoms with Crippen LogP contribution in [0.3, 0.4) is 0 Å². The minimum Gasteiger partial charge on any atom is -0.370 e. The van der Waals surface area contributed by atoms with Crippen molar-refractivity contribution in [2.75, 3.05) is 31.1 Å². The average molecular weight is 354 g/mol. The van der Waals surface area contributed by atoms with E-state index in [-0.39, 0.29) is 11.7 Å². The van der Waals surface area contributed by atoms with Gasteiger partial charge in [-0.3, -0.25) is 4.79 Å². The lowest BCUT2D eigenvalue weighted by Gasteiger charge is -2.23. The zero-order valence-electron chi connectivity index (χ0n) is 13.8. The molecule has 3 nitrogen and oxygen atoms in total. The van der Waals surface area contributed by atoms with Crippen LogP contribution in [0.5, 0.6) is 0 Å². The third-order valence-electron chi connectivity index (χ3n) is 4.61. The van der Waals surface area contributed by atoms with Crippen molar-refractivity contribution in [1.29, 1.82) is 0 Å². The molecular weight excluding hydrogens is 335 g/mol. The Morgan fingerprint density at radius 2 is 1.76 bits per heavy atom. The second kappa shape index (κ2) is 6.84. The minimum atomic E-state index is -0.222. The first kappa shape index (κ1) is 16.1. The minimum absolute atomic E-state index is 0.113. The number of halogens is 1. The fourth-order valence-corrected chi connectivity index (χ4v) is 4.30. The maximum Gasteiger partial charge on any atom is 0.264 e. The lowest BCUT2D eigenvalue weighted by Crippen LogP contribution is -2.34. The van der Waals surface area contributed by atoms with E-state index in [2.05, 4.69) is 11.0 Å². The zero-order valence-corrected chi connectivity index (χ0v) is 14.6. The van der Waals surface area contributed by atoms with Crippen LogP contribution in [0.15, 0.2) is 54.6 Å². The predicted octanol–water partition coefficient (Wildman–Crippen LogP) is 4.39. The standard InChI is InChI=1S/C20H19FN2OS/c21-16-6-8-17(9-7-16)22-10-3-11-23(13-12-22)20(24)19-14-15-4-1-2-5-18(15)25-19/h1-2,4-9,14H,3,10-13H2. The summed E-state index contributed by atoms with van der Waals surface area (Å²) in [6.45, 7) is 3.08. The molecular formula is C20H19FN2OS. The van der Waals surface area contributed by atoms with Gasteiger partial charge in [0.05, 0.1) is 4.88 Å². The van der Waals surface area contributed by atoms with Crippen molar-refractivity contribution in [1.82, 2.24) is 4.90 Å². The molecule has 1 aliphatic heterocycles. The van der Waals surface area contributed by atoms with Crippen LogP contribution in [0.1, 0.15) is 16.1 Å². The summed E-state index contributed by atoms with van der Waals surface area (Å²) in [5.41, 5.74) is 1.01. The molecule has 2 heterocycles. The van der Waals surface area contributed by atoms with Crippen molar-refractivity contribution in [3.8, 4) is 0 Å². The van der Waals surface area contributed by atoms with Gasteiger partial charge in [-0.1, -0.05) is 18.2 Å². The van der Waals surface area contributed by atoms with Crippen LogP contribution in [0.25, 0.3) is 10.1 Å². The first-order chi connectivity index (χ1) is 12.2. The molecule has 0 bridgehead atoms. The molecule has 0 N–H and O–H groups in total. The Kier molecular flexibility index (Phi) is 4.40. The third kappa shape index (κ3) is 3.37. The van der Waals surface area contributed by atoms with Gasteiger partial charge < -0.3 is 9.80 Å². The number of thiophene rings is 1. The number of carbonyl (C=O) groups is 1. The lowest BCUT2D eigenvalue weighted by molar-refractivity contribution is 0.0772. The second-order valence-electron chi connectivity index (χ2n) is 6.26. The van der Waals surface area contributed by atoms with Crippen molar-refractivity contribution in [2.45, 2.75) is 6.42 Å². The normalized spacial score (nSPS) is 15.4. The maximum atomic E-state index is 13.1. The summed E-state index contributed by atoms with van der Waals surface area (Å²) in [7, 11) is 0. The summed E-state index contributed by atoms with van der Waals surface area (Å²) in [4.78, 5) is 17.8. The summed E-state index contributed by atoms with van der Waals surface area (Å²) in [6, 6.07) is 16.7. The Labute approximate surface area is 150 Å². The number of hydrogen-bond donors (Lipinski definition) is 0. The Morgan fingerprint density at radius 3 is 2.56 bits per heavy atom. The number of carbonyl (C=O) groups excluding carboxylic acids is 1. The highest BCUT2D eigenvalue weighted by atomic mass is 32.1. The van der Waals surface area contributed by atoms with Gasteiger partial charge in [-0.25, -0.2) is 4.39 Å². The third-order valence-corrected chi connectivity index (χ3v) is 5.72. The molecule has 0 spiro atoms. The molecule has 0 saturated carbocycles. The van der Waals surface area contributed by atoms with Gasteiger partial charge in [-0.2, -0.15) is 0 Å². The molecule has 5 heteroatoms. The van der Waals surface area contributed by atoms with Crippen LogP contribution in [0.2, 0.25) is 0 Å². The van der Waals surface area contributed by atoms with Crippen LogP contribution >= 0.6 is 11.3 Å². The van der Waals surface area contributed by atoms with Crippen LogP contribution < -0.4 is 4.90 Å². The number of hydrogen-bond acceptors (Lipinski definition) is 3. The van der Waals surface area contributed by atoms with Gasteiger partial charge in [0, 0.05) is 36.6 Å². The molecule has 1 aliphatic rings. The van der Waals surface area contributed by atoms with E-state index in [0.717, 1.165) is 46.7 Å². The first-order valence-electron chi connectivity index (χ1n) is 8.49. The van der Waals surface area contributed by atoms with E-state index in [0.29, 0.717) is 6.54 Å². The molecule has 128 valence electrons. The largest absolute Gasteiger partial charge is 0.370 e. The van der Waals surface area contributed by atoms with E-state index in [9.17, 15) is 9.18 Å². The summed E-state index contributed by atoms with van der Waals surface area (Å²) in [5.74, 6) is -0.109. The molecule has 0 unspecified atom stereocenters. The van der Waals surface area contributed by atoms with E-state index in [1.807, 2.05) is 29.2 Å². The summed E-state index contributed by atoms with van der Waals surface area (Å²) in [5, 5.41) is 1.12. The molecule has 3 aromatic rings. The van der Waals surface area contributed by atoms with Crippen LogP contribution in [0.4, 0.5) is 10.1 Å². The highest BCUT2D eigenvalue weighted by Crippen LogP contribution is 2.27. The Morgan fingerprint density at radius 1 is 0.960 bits per heavy atom. The fourth-order valence-electron chi connectivity index (χ4n) is 3.27. The Hall–Kier alpha value is -2.40. The second-order valence-corrected chi connectivity index (χ2v) is 7.34. The molecule has 1 amide bonds. The van der Waals surface area contributed by atoms with Crippen molar-refractivity contribution in [3.05, 3.63) is 65.3 Å². The van der Waals surface area contributed by atoms with E-state index in [1.54, 1.807) is 23.5 Å².